The Bertz CT molecular complexity index is 1070. The topological polar surface area (TPSA) is 53.2 Å². The van der Waals surface area contributed by atoms with Crippen LogP contribution in [0.4, 0.5) is 5.69 Å². The molecular weight excluding hydrogens is 348 g/mol. The highest BCUT2D eigenvalue weighted by molar-refractivity contribution is 6.24. The smallest absolute Gasteiger partial charge is 0.243 e. The minimum atomic E-state index is -0.414. The van der Waals surface area contributed by atoms with Crippen LogP contribution in [0.1, 0.15) is 49.8 Å². The second-order valence-electron chi connectivity index (χ2n) is 8.09. The van der Waals surface area contributed by atoms with Gasteiger partial charge in [-0.15, -0.1) is 0 Å². The lowest BCUT2D eigenvalue weighted by molar-refractivity contribution is -0.123. The van der Waals surface area contributed by atoms with Crippen LogP contribution in [0.15, 0.2) is 54.6 Å². The van der Waals surface area contributed by atoms with Crippen LogP contribution in [0.3, 0.4) is 0 Å². The third kappa shape index (κ3) is 2.24. The summed E-state index contributed by atoms with van der Waals surface area (Å²) in [5, 5.41) is 1.18. The van der Waals surface area contributed by atoms with Crippen molar-refractivity contribution < 1.29 is 9.59 Å². The van der Waals surface area contributed by atoms with Crippen molar-refractivity contribution >= 4 is 28.4 Å². The molecule has 28 heavy (non-hydrogen) atoms. The van der Waals surface area contributed by atoms with Crippen LogP contribution in [0.2, 0.25) is 0 Å². The van der Waals surface area contributed by atoms with E-state index in [-0.39, 0.29) is 29.6 Å². The minimum Gasteiger partial charge on any atom is -0.357 e. The van der Waals surface area contributed by atoms with Gasteiger partial charge < -0.3 is 4.98 Å². The molecule has 1 fully saturated rings. The molecule has 0 bridgehead atoms. The minimum absolute atomic E-state index is 0.0455. The van der Waals surface area contributed by atoms with Crippen LogP contribution < -0.4 is 4.90 Å². The summed E-state index contributed by atoms with van der Waals surface area (Å²) in [6, 6.07) is 17.6. The second-order valence-corrected chi connectivity index (χ2v) is 8.09. The molecule has 3 aromatic rings. The summed E-state index contributed by atoms with van der Waals surface area (Å²) in [6.07, 6.45) is 1.95. The van der Waals surface area contributed by atoms with E-state index in [4.69, 9.17) is 0 Å². The Balaban J connectivity index is 1.72. The highest BCUT2D eigenvalue weighted by Crippen LogP contribution is 2.54. The van der Waals surface area contributed by atoms with Crippen LogP contribution in [0, 0.1) is 11.8 Å². The number of nitrogens with zero attached hydrogens (tertiary/aromatic N) is 1. The van der Waals surface area contributed by atoms with Crippen molar-refractivity contribution in [3.8, 4) is 0 Å². The first-order valence-corrected chi connectivity index (χ1v) is 10.2. The molecule has 0 radical (unpaired) electrons. The molecule has 2 amide bonds. The number of hydrogen-bond donors (Lipinski definition) is 1. The quantitative estimate of drug-likeness (QED) is 0.660. The summed E-state index contributed by atoms with van der Waals surface area (Å²) in [7, 11) is 0. The number of amides is 2. The number of aromatic amines is 1. The second kappa shape index (κ2) is 6.33. The molecule has 1 aliphatic carbocycles. The molecule has 1 saturated heterocycles. The SMILES string of the molecule is CCC[C@H]1[C@H]2C(=O)N(c3ccccc3)C(=O)[C@H]2c2[nH]c3ccccc3c2[C@H]1C. The van der Waals surface area contributed by atoms with E-state index in [9.17, 15) is 9.59 Å². The first-order chi connectivity index (χ1) is 13.6. The largest absolute Gasteiger partial charge is 0.357 e. The Morgan fingerprint density at radius 3 is 2.43 bits per heavy atom. The summed E-state index contributed by atoms with van der Waals surface area (Å²) >= 11 is 0. The van der Waals surface area contributed by atoms with Crippen molar-refractivity contribution in [1.82, 2.24) is 4.98 Å². The first kappa shape index (κ1) is 17.2. The molecule has 0 spiro atoms. The zero-order chi connectivity index (χ0) is 19.4. The molecule has 4 heteroatoms. The zero-order valence-corrected chi connectivity index (χ0v) is 16.2. The van der Waals surface area contributed by atoms with Gasteiger partial charge in [0.15, 0.2) is 0 Å². The van der Waals surface area contributed by atoms with Gasteiger partial charge in [0, 0.05) is 16.6 Å². The molecule has 1 N–H and O–H groups in total. The van der Waals surface area contributed by atoms with Gasteiger partial charge >= 0.3 is 0 Å². The first-order valence-electron chi connectivity index (χ1n) is 10.2. The third-order valence-electron chi connectivity index (χ3n) is 6.63. The van der Waals surface area contributed by atoms with Crippen LogP contribution in [0.5, 0.6) is 0 Å². The Kier molecular flexibility index (Phi) is 3.90. The number of rotatable bonds is 3. The van der Waals surface area contributed by atoms with E-state index >= 15 is 0 Å². The van der Waals surface area contributed by atoms with Gasteiger partial charge in [0.25, 0.3) is 0 Å². The number of para-hydroxylation sites is 2. The standard InChI is InChI=1S/C24H24N2O2/c1-3-9-16-14(2)19-17-12-7-8-13-18(17)25-22(19)21-20(16)23(27)26(24(21)28)15-10-5-4-6-11-15/h4-8,10-14,16,20-21,25H,3,9H2,1-2H3/t14-,16+,20+,21+/m0/s1. The summed E-state index contributed by atoms with van der Waals surface area (Å²) < 4.78 is 0. The maximum absolute atomic E-state index is 13.5. The number of anilines is 1. The highest BCUT2D eigenvalue weighted by Gasteiger charge is 2.57. The lowest BCUT2D eigenvalue weighted by Crippen LogP contribution is -2.35. The van der Waals surface area contributed by atoms with Crippen molar-refractivity contribution in [3.05, 3.63) is 65.9 Å². The Morgan fingerprint density at radius 2 is 1.68 bits per heavy atom. The van der Waals surface area contributed by atoms with E-state index in [1.165, 1.54) is 15.8 Å². The molecule has 2 aliphatic rings. The van der Waals surface area contributed by atoms with Crippen LogP contribution in [-0.4, -0.2) is 16.8 Å². The molecule has 1 aliphatic heterocycles. The molecule has 2 heterocycles. The lowest BCUT2D eigenvalue weighted by Gasteiger charge is -2.36. The van der Waals surface area contributed by atoms with Crippen LogP contribution in [-0.2, 0) is 9.59 Å². The Hall–Kier alpha value is -2.88. The summed E-state index contributed by atoms with van der Waals surface area (Å²) in [4.78, 5) is 32.0. The number of benzene rings is 2. The monoisotopic (exact) mass is 372 g/mol. The van der Waals surface area contributed by atoms with E-state index in [0.717, 1.165) is 24.1 Å². The molecule has 0 saturated carbocycles. The number of imide groups is 1. The maximum Gasteiger partial charge on any atom is 0.243 e. The van der Waals surface area contributed by atoms with E-state index in [2.05, 4.69) is 31.0 Å². The number of H-pyrrole nitrogens is 1. The lowest BCUT2D eigenvalue weighted by atomic mass is 9.65. The third-order valence-corrected chi connectivity index (χ3v) is 6.63. The molecular formula is C24H24N2O2. The number of nitrogens with one attached hydrogen (secondary N) is 1. The number of carbonyl (C=O) groups excluding carboxylic acids is 2. The predicted octanol–water partition coefficient (Wildman–Crippen LogP) is 4.97. The van der Waals surface area contributed by atoms with Crippen LogP contribution >= 0.6 is 0 Å². The van der Waals surface area contributed by atoms with Crippen molar-refractivity contribution in [2.75, 3.05) is 4.90 Å². The summed E-state index contributed by atoms with van der Waals surface area (Å²) in [5.74, 6) is -0.435. The van der Waals surface area contributed by atoms with Gasteiger partial charge in [0.2, 0.25) is 11.8 Å². The highest BCUT2D eigenvalue weighted by atomic mass is 16.2. The maximum atomic E-state index is 13.5. The van der Waals surface area contributed by atoms with Crippen molar-refractivity contribution in [2.24, 2.45) is 11.8 Å². The van der Waals surface area contributed by atoms with E-state index in [1.54, 1.807) is 0 Å². The van der Waals surface area contributed by atoms with Crippen molar-refractivity contribution in [1.29, 1.82) is 0 Å². The molecule has 0 unspecified atom stereocenters. The number of carbonyl (C=O) groups is 2. The van der Waals surface area contributed by atoms with Gasteiger partial charge in [0.05, 0.1) is 17.5 Å². The van der Waals surface area contributed by atoms with Crippen LogP contribution in [0.25, 0.3) is 10.9 Å². The van der Waals surface area contributed by atoms with Gasteiger partial charge in [-0.2, -0.15) is 0 Å². The number of hydrogen-bond acceptors (Lipinski definition) is 2. The van der Waals surface area contributed by atoms with Gasteiger partial charge in [-0.25, -0.2) is 4.90 Å². The molecule has 5 rings (SSSR count). The normalized spacial score (nSPS) is 26.6. The van der Waals surface area contributed by atoms with E-state index in [0.29, 0.717) is 5.69 Å². The summed E-state index contributed by atoms with van der Waals surface area (Å²) in [5.41, 5.74) is 3.90. The molecule has 4 nitrogen and oxygen atoms in total. The number of fused-ring (bicyclic) bond motifs is 5. The Morgan fingerprint density at radius 1 is 0.964 bits per heavy atom. The zero-order valence-electron chi connectivity index (χ0n) is 16.2. The molecule has 2 aromatic carbocycles. The number of aromatic nitrogens is 1. The fraction of sp³-hybridized carbons (Fsp3) is 0.333. The fourth-order valence-electron chi connectivity index (χ4n) is 5.47. The van der Waals surface area contributed by atoms with Gasteiger partial charge in [-0.05, 0) is 42.0 Å². The fourth-order valence-corrected chi connectivity index (χ4v) is 5.47. The van der Waals surface area contributed by atoms with E-state index < -0.39 is 5.92 Å². The molecule has 1 aromatic heterocycles. The summed E-state index contributed by atoms with van der Waals surface area (Å²) in [6.45, 7) is 4.38. The van der Waals surface area contributed by atoms with Gasteiger partial charge in [-0.1, -0.05) is 56.7 Å². The van der Waals surface area contributed by atoms with Crippen molar-refractivity contribution in [3.63, 3.8) is 0 Å². The Labute approximate surface area is 164 Å². The molecule has 4 atom stereocenters. The predicted molar refractivity (Wildman–Crippen MR) is 110 cm³/mol. The average Bonchev–Trinajstić information content (AvgIpc) is 3.21. The molecule has 142 valence electrons. The van der Waals surface area contributed by atoms with Gasteiger partial charge in [0.1, 0.15) is 0 Å². The van der Waals surface area contributed by atoms with E-state index in [1.807, 2.05) is 42.5 Å². The average molecular weight is 372 g/mol. The van der Waals surface area contributed by atoms with Gasteiger partial charge in [-0.3, -0.25) is 9.59 Å². The van der Waals surface area contributed by atoms with Crippen molar-refractivity contribution in [2.45, 2.75) is 38.5 Å².